The van der Waals surface area contributed by atoms with Gasteiger partial charge in [0.15, 0.2) is 0 Å². The van der Waals surface area contributed by atoms with Gasteiger partial charge in [-0.3, -0.25) is 4.79 Å². The molecular weight excluding hydrogens is 416 g/mol. The fourth-order valence-corrected chi connectivity index (χ4v) is 5.04. The summed E-state index contributed by atoms with van der Waals surface area (Å²) in [6.45, 7) is 10.7. The van der Waals surface area contributed by atoms with Crippen molar-refractivity contribution < 1.29 is 39.8 Å². The lowest BCUT2D eigenvalue weighted by molar-refractivity contribution is -0.241. The number of hydrogen-bond donors (Lipinski definition) is 5. The first-order valence-corrected chi connectivity index (χ1v) is 11.4. The van der Waals surface area contributed by atoms with Gasteiger partial charge >= 0.3 is 5.97 Å². The molecule has 2 rings (SSSR count). The minimum atomic E-state index is -1.53. The van der Waals surface area contributed by atoms with Gasteiger partial charge in [-0.15, -0.1) is 0 Å². The number of carboxylic acid groups (broad SMARTS) is 1. The summed E-state index contributed by atoms with van der Waals surface area (Å²) < 4.78 is 11.8. The van der Waals surface area contributed by atoms with Crippen molar-refractivity contribution >= 4 is 5.97 Å². The maximum Gasteiger partial charge on any atom is 0.305 e. The quantitative estimate of drug-likeness (QED) is 0.366. The average molecular weight is 457 g/mol. The third kappa shape index (κ3) is 5.98. The zero-order valence-corrected chi connectivity index (χ0v) is 19.9. The standard InChI is InChI=1S/C24H40O8/c1-13(12-23(5)21(29)15(3)20(28)16(4)32-23)8-7-9-14(2)22-24(6,30)18(25)10-17(31-22)11-19(26)27/h7-9,13,15-18,20-22,25,28-30H,10-12H2,1-6H3,(H,26,27)/b8-7+,14-9+/t13-,15-,16-,17-,18-,20-,21-,22-,23+,24-/m1/s1. The van der Waals surface area contributed by atoms with Crippen LogP contribution in [0, 0.1) is 11.8 Å². The molecule has 2 aliphatic rings. The highest BCUT2D eigenvalue weighted by Crippen LogP contribution is 2.38. The van der Waals surface area contributed by atoms with E-state index in [9.17, 15) is 25.2 Å². The van der Waals surface area contributed by atoms with Gasteiger partial charge in [0.2, 0.25) is 0 Å². The molecule has 0 aromatic rings. The smallest absolute Gasteiger partial charge is 0.305 e. The minimum absolute atomic E-state index is 0.0477. The number of ether oxygens (including phenoxy) is 2. The van der Waals surface area contributed by atoms with Gasteiger partial charge in [0.25, 0.3) is 0 Å². The van der Waals surface area contributed by atoms with Crippen molar-refractivity contribution in [2.75, 3.05) is 0 Å². The summed E-state index contributed by atoms with van der Waals surface area (Å²) in [5.41, 5.74) is -1.65. The number of carbonyl (C=O) groups is 1. The molecule has 2 heterocycles. The van der Waals surface area contributed by atoms with Crippen molar-refractivity contribution in [3.8, 4) is 0 Å². The van der Waals surface area contributed by atoms with E-state index in [0.29, 0.717) is 12.0 Å². The van der Waals surface area contributed by atoms with E-state index in [2.05, 4.69) is 0 Å². The van der Waals surface area contributed by atoms with Crippen LogP contribution in [0.3, 0.4) is 0 Å². The summed E-state index contributed by atoms with van der Waals surface area (Å²) in [7, 11) is 0. The van der Waals surface area contributed by atoms with Gasteiger partial charge < -0.3 is 35.0 Å². The normalized spacial score (nSPS) is 44.6. The van der Waals surface area contributed by atoms with E-state index in [1.807, 2.05) is 32.9 Å². The molecule has 0 spiro atoms. The van der Waals surface area contributed by atoms with E-state index in [1.54, 1.807) is 19.9 Å². The zero-order valence-electron chi connectivity index (χ0n) is 19.9. The summed E-state index contributed by atoms with van der Waals surface area (Å²) >= 11 is 0. The molecule has 8 nitrogen and oxygen atoms in total. The lowest BCUT2D eigenvalue weighted by atomic mass is 9.77. The van der Waals surface area contributed by atoms with Gasteiger partial charge in [-0.05, 0) is 45.6 Å². The molecule has 0 aromatic carbocycles. The van der Waals surface area contributed by atoms with E-state index >= 15 is 0 Å². The highest BCUT2D eigenvalue weighted by Gasteiger charge is 2.48. The Morgan fingerprint density at radius 3 is 2.44 bits per heavy atom. The minimum Gasteiger partial charge on any atom is -0.481 e. The molecule has 0 saturated carbocycles. The Hall–Kier alpha value is -1.29. The molecule has 0 aromatic heterocycles. The second kappa shape index (κ2) is 10.3. The molecule has 0 aliphatic carbocycles. The Morgan fingerprint density at radius 2 is 1.84 bits per heavy atom. The topological polar surface area (TPSA) is 137 Å². The third-order valence-electron chi connectivity index (χ3n) is 6.96. The number of aliphatic carboxylic acids is 1. The van der Waals surface area contributed by atoms with Crippen molar-refractivity contribution in [3.05, 3.63) is 23.8 Å². The van der Waals surface area contributed by atoms with E-state index in [-0.39, 0.29) is 30.8 Å². The monoisotopic (exact) mass is 456 g/mol. The third-order valence-corrected chi connectivity index (χ3v) is 6.96. The van der Waals surface area contributed by atoms with Crippen molar-refractivity contribution in [1.82, 2.24) is 0 Å². The molecule has 2 saturated heterocycles. The van der Waals surface area contributed by atoms with Gasteiger partial charge in [0.05, 0.1) is 42.5 Å². The van der Waals surface area contributed by atoms with Gasteiger partial charge in [-0.1, -0.05) is 32.1 Å². The summed E-state index contributed by atoms with van der Waals surface area (Å²) in [6, 6.07) is 0. The van der Waals surface area contributed by atoms with Crippen LogP contribution < -0.4 is 0 Å². The Kier molecular flexibility index (Phi) is 8.70. The Labute approximate surface area is 190 Å². The highest BCUT2D eigenvalue weighted by atomic mass is 16.5. The molecule has 8 heteroatoms. The number of aliphatic hydroxyl groups excluding tert-OH is 3. The van der Waals surface area contributed by atoms with Crippen LogP contribution in [-0.4, -0.2) is 79.3 Å². The zero-order chi connectivity index (χ0) is 24.4. The lowest BCUT2D eigenvalue weighted by Gasteiger charge is -2.48. The summed E-state index contributed by atoms with van der Waals surface area (Å²) in [4.78, 5) is 11.0. The maximum atomic E-state index is 11.0. The number of carboxylic acids is 1. The summed E-state index contributed by atoms with van der Waals surface area (Å²) in [5.74, 6) is -1.26. The van der Waals surface area contributed by atoms with Crippen LogP contribution in [0.4, 0.5) is 0 Å². The average Bonchev–Trinajstić information content (AvgIpc) is 2.67. The molecule has 0 radical (unpaired) electrons. The fraction of sp³-hybridized carbons (Fsp3) is 0.792. The van der Waals surface area contributed by atoms with Crippen molar-refractivity contribution in [1.29, 1.82) is 0 Å². The maximum absolute atomic E-state index is 11.0. The molecule has 2 aliphatic heterocycles. The van der Waals surface area contributed by atoms with Crippen LogP contribution in [0.5, 0.6) is 0 Å². The van der Waals surface area contributed by atoms with Crippen LogP contribution >= 0.6 is 0 Å². The van der Waals surface area contributed by atoms with Gasteiger partial charge in [-0.25, -0.2) is 0 Å². The largest absolute Gasteiger partial charge is 0.481 e. The molecule has 2 fully saturated rings. The first kappa shape index (κ1) is 27.0. The summed E-state index contributed by atoms with van der Waals surface area (Å²) in [6.07, 6.45) is 1.45. The Balaban J connectivity index is 2.07. The van der Waals surface area contributed by atoms with Gasteiger partial charge in [0, 0.05) is 12.3 Å². The van der Waals surface area contributed by atoms with Gasteiger partial charge in [-0.2, -0.15) is 0 Å². The predicted molar refractivity (Wildman–Crippen MR) is 119 cm³/mol. The predicted octanol–water partition coefficient (Wildman–Crippen LogP) is 1.79. The fourth-order valence-electron chi connectivity index (χ4n) is 5.04. The lowest BCUT2D eigenvalue weighted by Crippen LogP contribution is -2.59. The second-order valence-electron chi connectivity index (χ2n) is 10.1. The van der Waals surface area contributed by atoms with Crippen molar-refractivity contribution in [3.63, 3.8) is 0 Å². The van der Waals surface area contributed by atoms with Crippen molar-refractivity contribution in [2.24, 2.45) is 11.8 Å². The van der Waals surface area contributed by atoms with Crippen LogP contribution in [0.25, 0.3) is 0 Å². The first-order valence-electron chi connectivity index (χ1n) is 11.4. The van der Waals surface area contributed by atoms with Crippen LogP contribution in [-0.2, 0) is 14.3 Å². The van der Waals surface area contributed by atoms with E-state index in [1.165, 1.54) is 6.92 Å². The van der Waals surface area contributed by atoms with Crippen LogP contribution in [0.15, 0.2) is 23.8 Å². The van der Waals surface area contributed by atoms with Crippen LogP contribution in [0.1, 0.15) is 60.8 Å². The molecule has 0 unspecified atom stereocenters. The van der Waals surface area contributed by atoms with Crippen molar-refractivity contribution in [2.45, 2.75) is 109 Å². The molecule has 0 bridgehead atoms. The van der Waals surface area contributed by atoms with E-state index < -0.39 is 47.7 Å². The first-order chi connectivity index (χ1) is 14.7. The molecule has 10 atom stereocenters. The molecular formula is C24H40O8. The van der Waals surface area contributed by atoms with Crippen LogP contribution in [0.2, 0.25) is 0 Å². The van der Waals surface area contributed by atoms with E-state index in [0.717, 1.165) is 0 Å². The Bertz CT molecular complexity index is 717. The highest BCUT2D eigenvalue weighted by molar-refractivity contribution is 5.67. The number of aliphatic hydroxyl groups is 4. The number of allylic oxidation sites excluding steroid dienone is 3. The second-order valence-corrected chi connectivity index (χ2v) is 10.1. The van der Waals surface area contributed by atoms with E-state index in [4.69, 9.17) is 14.6 Å². The molecule has 32 heavy (non-hydrogen) atoms. The number of rotatable bonds is 7. The van der Waals surface area contributed by atoms with Gasteiger partial charge in [0.1, 0.15) is 11.7 Å². The number of hydrogen-bond acceptors (Lipinski definition) is 7. The molecule has 5 N–H and O–H groups in total. The molecule has 184 valence electrons. The SMILES string of the molecule is C/C(=C\C=C\[C@@H](C)C[C@]1(C)O[C@H](C)[C@H](O)[C@@H](C)[C@H]1O)[C@H]1O[C@@H](CC(=O)O)C[C@@H](O)[C@@]1(C)O. The molecule has 0 amide bonds. The summed E-state index contributed by atoms with van der Waals surface area (Å²) in [5, 5.41) is 50.9. The Morgan fingerprint density at radius 1 is 1.22 bits per heavy atom.